The number of nitro benzene ring substituents is 1. The smallest absolute Gasteiger partial charge is 0.282 e. The van der Waals surface area contributed by atoms with Crippen LogP contribution in [0.5, 0.6) is 5.75 Å². The van der Waals surface area contributed by atoms with Crippen LogP contribution in [0.4, 0.5) is 11.4 Å². The average Bonchev–Trinajstić information content (AvgIpc) is 2.92. The van der Waals surface area contributed by atoms with Crippen LogP contribution in [0.15, 0.2) is 89.1 Å². The van der Waals surface area contributed by atoms with Gasteiger partial charge in [0.2, 0.25) is 0 Å². The summed E-state index contributed by atoms with van der Waals surface area (Å²) in [6.07, 6.45) is 0. The number of ether oxygens (including phenoxy) is 1. The minimum Gasteiger partial charge on any atom is -0.495 e. The highest BCUT2D eigenvalue weighted by molar-refractivity contribution is 8.13. The number of amides is 1. The molecule has 192 valence electrons. The number of methoxy groups -OCH3 is 1. The van der Waals surface area contributed by atoms with Crippen molar-refractivity contribution in [2.45, 2.75) is 24.6 Å². The number of hydrogen-bond donors (Lipinski definition) is 1. The van der Waals surface area contributed by atoms with E-state index in [4.69, 9.17) is 22.9 Å². The lowest BCUT2D eigenvalue weighted by atomic mass is 9.82. The Morgan fingerprint density at radius 1 is 1.18 bits per heavy atom. The molecule has 2 atom stereocenters. The Labute approximate surface area is 229 Å². The van der Waals surface area contributed by atoms with Gasteiger partial charge in [0.05, 0.1) is 29.2 Å². The molecule has 0 spiro atoms. The molecule has 0 saturated heterocycles. The maximum absolute atomic E-state index is 13.7. The topological polar surface area (TPSA) is 98.2 Å². The van der Waals surface area contributed by atoms with Gasteiger partial charge in [0.1, 0.15) is 5.75 Å². The first kappa shape index (κ1) is 26.9. The van der Waals surface area contributed by atoms with Gasteiger partial charge in [0.25, 0.3) is 17.6 Å². The van der Waals surface area contributed by atoms with Gasteiger partial charge in [-0.1, -0.05) is 65.8 Å². The maximum atomic E-state index is 13.7. The minimum atomic E-state index is -0.819. The van der Waals surface area contributed by atoms with Crippen LogP contribution in [-0.2, 0) is 10.5 Å². The number of thioether (sulfide) groups is 1. The van der Waals surface area contributed by atoms with Crippen molar-refractivity contribution in [1.82, 2.24) is 0 Å². The van der Waals surface area contributed by atoms with Crippen LogP contribution < -0.4 is 10.1 Å². The van der Waals surface area contributed by atoms with E-state index < -0.39 is 22.8 Å². The molecule has 38 heavy (non-hydrogen) atoms. The lowest BCUT2D eigenvalue weighted by Gasteiger charge is -2.28. The Morgan fingerprint density at radius 3 is 2.63 bits per heavy atom. The molecule has 10 heteroatoms. The van der Waals surface area contributed by atoms with Gasteiger partial charge in [-0.3, -0.25) is 14.9 Å². The van der Waals surface area contributed by atoms with E-state index in [0.717, 1.165) is 5.56 Å². The molecule has 1 aliphatic heterocycles. The van der Waals surface area contributed by atoms with Gasteiger partial charge < -0.3 is 14.9 Å². The number of aliphatic imine (C=N–C) groups is 1. The molecule has 0 radical (unpaired) electrons. The normalized spacial score (nSPS) is 16.8. The second-order valence-electron chi connectivity index (χ2n) is 8.39. The van der Waals surface area contributed by atoms with Gasteiger partial charge in [0, 0.05) is 28.6 Å². The summed E-state index contributed by atoms with van der Waals surface area (Å²) in [6.45, 7) is 9.79. The Kier molecular flexibility index (Phi) is 8.46. The largest absolute Gasteiger partial charge is 0.495 e. The molecule has 0 bridgehead atoms. The van der Waals surface area contributed by atoms with Gasteiger partial charge >= 0.3 is 0 Å². The van der Waals surface area contributed by atoms with Crippen molar-refractivity contribution < 1.29 is 14.5 Å². The summed E-state index contributed by atoms with van der Waals surface area (Å²) in [7, 11) is 1.52. The van der Waals surface area contributed by atoms with E-state index in [9.17, 15) is 14.9 Å². The van der Waals surface area contributed by atoms with Crippen molar-refractivity contribution in [2.24, 2.45) is 4.99 Å². The second kappa shape index (κ2) is 11.9. The number of nitrogens with zero attached hydrogens (tertiary/aromatic N) is 3. The van der Waals surface area contributed by atoms with Crippen LogP contribution >= 0.6 is 23.4 Å². The Morgan fingerprint density at radius 2 is 1.92 bits per heavy atom. The number of halogens is 1. The summed E-state index contributed by atoms with van der Waals surface area (Å²) in [5, 5.41) is 15.0. The molecule has 1 aliphatic rings. The molecule has 0 saturated carbocycles. The van der Waals surface area contributed by atoms with Crippen molar-refractivity contribution >= 4 is 45.7 Å². The summed E-state index contributed by atoms with van der Waals surface area (Å²) < 4.78 is 5.37. The third kappa shape index (κ3) is 5.72. The maximum Gasteiger partial charge on any atom is 0.282 e. The average molecular weight is 547 g/mol. The highest BCUT2D eigenvalue weighted by atomic mass is 35.5. The van der Waals surface area contributed by atoms with Gasteiger partial charge in [-0.25, -0.2) is 11.6 Å². The summed E-state index contributed by atoms with van der Waals surface area (Å²) in [5.41, 5.74) is 2.66. The van der Waals surface area contributed by atoms with Crippen molar-refractivity contribution in [3.05, 3.63) is 122 Å². The highest BCUT2D eigenvalue weighted by Crippen LogP contribution is 2.42. The molecule has 8 nitrogen and oxygen atoms in total. The van der Waals surface area contributed by atoms with Crippen molar-refractivity contribution in [1.29, 1.82) is 0 Å². The van der Waals surface area contributed by atoms with E-state index in [0.29, 0.717) is 44.1 Å². The fraction of sp³-hybridized carbons (Fsp3) is 0.179. The van der Waals surface area contributed by atoms with Crippen LogP contribution in [0.3, 0.4) is 0 Å². The van der Waals surface area contributed by atoms with Gasteiger partial charge in [-0.05, 0) is 36.2 Å². The zero-order valence-corrected chi connectivity index (χ0v) is 22.1. The molecule has 0 aliphatic carbocycles. The Hall–Kier alpha value is -4.13. The number of anilines is 1. The van der Waals surface area contributed by atoms with Crippen LogP contribution in [0.1, 0.15) is 24.0 Å². The van der Waals surface area contributed by atoms with Gasteiger partial charge in [0.15, 0.2) is 5.04 Å². The van der Waals surface area contributed by atoms with Crippen LogP contribution in [-0.4, -0.2) is 29.0 Å². The number of non-ortho nitro benzene ring substituents is 1. The van der Waals surface area contributed by atoms with E-state index in [1.165, 1.54) is 31.0 Å². The van der Waals surface area contributed by atoms with Crippen LogP contribution in [0.2, 0.25) is 5.02 Å². The number of carbonyl (C=O) groups excluding carboxylic acids is 1. The zero-order valence-electron chi connectivity index (χ0n) is 20.6. The number of nitro groups is 1. The van der Waals surface area contributed by atoms with Crippen molar-refractivity contribution in [2.75, 3.05) is 12.4 Å². The zero-order chi connectivity index (χ0) is 27.2. The molecule has 2 unspecified atom stereocenters. The quantitative estimate of drug-likeness (QED) is 0.198. The van der Waals surface area contributed by atoms with Gasteiger partial charge in [-0.2, -0.15) is 0 Å². The number of allylic oxidation sites excluding steroid dienone is 1. The Balaban J connectivity index is 1.74. The van der Waals surface area contributed by atoms with Crippen molar-refractivity contribution in [3.63, 3.8) is 0 Å². The highest BCUT2D eigenvalue weighted by Gasteiger charge is 2.44. The van der Waals surface area contributed by atoms with E-state index in [1.807, 2.05) is 12.1 Å². The molecule has 0 fully saturated rings. The lowest BCUT2D eigenvalue weighted by Crippen LogP contribution is -2.34. The number of para-hydroxylation sites is 2. The second-order valence-corrected chi connectivity index (χ2v) is 9.80. The molecule has 4 rings (SSSR count). The Bertz CT molecular complexity index is 1500. The van der Waals surface area contributed by atoms with Crippen LogP contribution in [0, 0.1) is 16.7 Å². The first-order valence-corrected chi connectivity index (χ1v) is 12.9. The predicted molar refractivity (Wildman–Crippen MR) is 151 cm³/mol. The summed E-state index contributed by atoms with van der Waals surface area (Å²) in [6, 6.07) is 19.7. The number of nitrogens with one attached hydrogen (secondary N) is 1. The molecule has 0 aromatic heterocycles. The minimum absolute atomic E-state index is 0.00395. The standard InChI is InChI=1S/C28H23ClN4O4S/c1-17-24(27(34)32-22-13-6-7-14-23(22)37-3)25(20-11-4-5-12-21(20)29)26(30-2)28(31-17)38-16-18-9-8-10-19(15-18)33(35)36/h4-15,25-26H,16H2,1,3H3,(H,32,34). The summed E-state index contributed by atoms with van der Waals surface area (Å²) in [5.74, 6) is -0.210. The van der Waals surface area contributed by atoms with E-state index >= 15 is 0 Å². The van der Waals surface area contributed by atoms with E-state index in [2.05, 4.69) is 15.2 Å². The summed E-state index contributed by atoms with van der Waals surface area (Å²) >= 11 is 7.91. The van der Waals surface area contributed by atoms with Gasteiger partial charge in [-0.15, -0.1) is 0 Å². The third-order valence-electron chi connectivity index (χ3n) is 6.03. The SMILES string of the molecule is [C-]#[N+]C1C(SCc2cccc([N+](=O)[O-])c2)=NC(C)=C(C(=O)Nc2ccccc2OC)C1c1ccccc1Cl. The fourth-order valence-electron chi connectivity index (χ4n) is 4.28. The molecule has 1 amide bonds. The monoisotopic (exact) mass is 546 g/mol. The first-order valence-electron chi connectivity index (χ1n) is 11.5. The number of benzene rings is 3. The summed E-state index contributed by atoms with van der Waals surface area (Å²) in [4.78, 5) is 33.0. The molecule has 1 heterocycles. The molecule has 3 aromatic carbocycles. The first-order chi connectivity index (χ1) is 18.3. The predicted octanol–water partition coefficient (Wildman–Crippen LogP) is 6.89. The lowest BCUT2D eigenvalue weighted by molar-refractivity contribution is -0.384. The van der Waals surface area contributed by atoms with Crippen LogP contribution in [0.25, 0.3) is 4.85 Å². The third-order valence-corrected chi connectivity index (χ3v) is 7.49. The van der Waals surface area contributed by atoms with E-state index in [1.54, 1.807) is 55.5 Å². The number of hydrogen-bond acceptors (Lipinski definition) is 6. The molecule has 3 aromatic rings. The molecular weight excluding hydrogens is 524 g/mol. The molecule has 1 N–H and O–H groups in total. The molecular formula is C28H23ClN4O4S. The van der Waals surface area contributed by atoms with E-state index in [-0.39, 0.29) is 5.69 Å². The number of rotatable bonds is 7. The van der Waals surface area contributed by atoms with Crippen molar-refractivity contribution in [3.8, 4) is 5.75 Å². The fourth-order valence-corrected chi connectivity index (χ4v) is 5.59. The number of carbonyl (C=O) groups is 1.